The lowest BCUT2D eigenvalue weighted by atomic mass is 10.1. The molecular formula is C10H19NO4. The van der Waals surface area contributed by atoms with Crippen molar-refractivity contribution in [3.05, 3.63) is 0 Å². The number of methoxy groups -OCH3 is 1. The topological polar surface area (TPSA) is 75.6 Å². The molecule has 0 saturated heterocycles. The summed E-state index contributed by atoms with van der Waals surface area (Å²) in [5.74, 6) is -1.43. The van der Waals surface area contributed by atoms with Gasteiger partial charge in [0.2, 0.25) is 0 Å². The molecule has 1 atom stereocenters. The van der Waals surface area contributed by atoms with Gasteiger partial charge in [0.15, 0.2) is 0 Å². The number of nitrogens with one attached hydrogen (secondary N) is 1. The van der Waals surface area contributed by atoms with E-state index in [1.54, 1.807) is 13.8 Å². The number of carboxylic acids is 1. The Morgan fingerprint density at radius 2 is 2.00 bits per heavy atom. The van der Waals surface area contributed by atoms with Gasteiger partial charge in [0.05, 0.1) is 0 Å². The van der Waals surface area contributed by atoms with Crippen molar-refractivity contribution >= 4 is 11.9 Å². The number of carboxylic acid groups (broad SMARTS) is 1. The molecule has 5 heteroatoms. The molecule has 0 aromatic carbocycles. The molecule has 0 aliphatic carbocycles. The average molecular weight is 217 g/mol. The Kier molecular flexibility index (Phi) is 5.28. The number of aliphatic carboxylic acids is 1. The molecule has 0 heterocycles. The van der Waals surface area contributed by atoms with E-state index < -0.39 is 23.5 Å². The molecular weight excluding hydrogens is 198 g/mol. The number of hydrogen-bond donors (Lipinski definition) is 2. The van der Waals surface area contributed by atoms with Gasteiger partial charge < -0.3 is 15.2 Å². The summed E-state index contributed by atoms with van der Waals surface area (Å²) in [5.41, 5.74) is -0.999. The first-order valence-electron chi connectivity index (χ1n) is 4.94. The van der Waals surface area contributed by atoms with Gasteiger partial charge >= 0.3 is 5.97 Å². The third-order valence-corrected chi connectivity index (χ3v) is 2.24. The van der Waals surface area contributed by atoms with E-state index in [1.165, 1.54) is 7.11 Å². The third-order valence-electron chi connectivity index (χ3n) is 2.24. The van der Waals surface area contributed by atoms with Crippen LogP contribution in [0.2, 0.25) is 0 Å². The molecule has 0 rings (SSSR count). The van der Waals surface area contributed by atoms with Crippen LogP contribution in [0.3, 0.4) is 0 Å². The maximum Gasteiger partial charge on any atom is 0.326 e. The van der Waals surface area contributed by atoms with Crippen LogP contribution in [-0.4, -0.2) is 35.7 Å². The molecule has 0 aromatic heterocycles. The molecule has 1 unspecified atom stereocenters. The zero-order valence-electron chi connectivity index (χ0n) is 9.66. The Hall–Kier alpha value is -1.10. The van der Waals surface area contributed by atoms with Gasteiger partial charge in [-0.3, -0.25) is 4.79 Å². The fourth-order valence-electron chi connectivity index (χ4n) is 0.971. The van der Waals surface area contributed by atoms with Gasteiger partial charge in [-0.05, 0) is 20.3 Å². The molecule has 1 amide bonds. The monoisotopic (exact) mass is 217 g/mol. The number of hydrogen-bond acceptors (Lipinski definition) is 3. The Labute approximate surface area is 89.8 Å². The second-order valence-corrected chi connectivity index (χ2v) is 3.87. The van der Waals surface area contributed by atoms with Gasteiger partial charge in [-0.2, -0.15) is 0 Å². The van der Waals surface area contributed by atoms with Gasteiger partial charge in [-0.1, -0.05) is 13.3 Å². The first kappa shape index (κ1) is 13.9. The van der Waals surface area contributed by atoms with Gasteiger partial charge in [-0.25, -0.2) is 4.79 Å². The molecule has 0 saturated carbocycles. The number of carbonyl (C=O) groups is 2. The van der Waals surface area contributed by atoms with Crippen molar-refractivity contribution in [3.63, 3.8) is 0 Å². The highest BCUT2D eigenvalue weighted by Gasteiger charge is 2.30. The second kappa shape index (κ2) is 5.70. The van der Waals surface area contributed by atoms with Crippen LogP contribution >= 0.6 is 0 Å². The summed E-state index contributed by atoms with van der Waals surface area (Å²) < 4.78 is 4.95. The van der Waals surface area contributed by atoms with Crippen molar-refractivity contribution in [2.24, 2.45) is 0 Å². The minimum absolute atomic E-state index is 0.411. The summed E-state index contributed by atoms with van der Waals surface area (Å²) >= 11 is 0. The zero-order chi connectivity index (χ0) is 12.1. The lowest BCUT2D eigenvalue weighted by Gasteiger charge is -2.24. The van der Waals surface area contributed by atoms with Crippen LogP contribution < -0.4 is 5.32 Å². The smallest absolute Gasteiger partial charge is 0.326 e. The van der Waals surface area contributed by atoms with Crippen molar-refractivity contribution in [3.8, 4) is 0 Å². The minimum Gasteiger partial charge on any atom is -0.480 e. The fraction of sp³-hybridized carbons (Fsp3) is 0.800. The standard InChI is InChI=1S/C10H19NO4/c1-5-6-7(8(12)13)11-9(14)10(2,3)15-4/h7H,5-6H2,1-4H3,(H,11,14)(H,12,13). The summed E-state index contributed by atoms with van der Waals surface area (Å²) in [6.45, 7) is 5.05. The lowest BCUT2D eigenvalue weighted by Crippen LogP contribution is -2.50. The maximum atomic E-state index is 11.6. The van der Waals surface area contributed by atoms with Crippen LogP contribution in [0.4, 0.5) is 0 Å². The van der Waals surface area contributed by atoms with Gasteiger partial charge in [0.25, 0.3) is 5.91 Å². The highest BCUT2D eigenvalue weighted by Crippen LogP contribution is 2.08. The SMILES string of the molecule is CCCC(NC(=O)C(C)(C)OC)C(=O)O. The number of ether oxygens (including phenoxy) is 1. The van der Waals surface area contributed by atoms with Gasteiger partial charge in [-0.15, -0.1) is 0 Å². The Morgan fingerprint density at radius 3 is 2.33 bits per heavy atom. The van der Waals surface area contributed by atoms with Crippen LogP contribution in [0.5, 0.6) is 0 Å². The van der Waals surface area contributed by atoms with Crippen molar-refractivity contribution < 1.29 is 19.4 Å². The molecule has 0 aliphatic rings. The van der Waals surface area contributed by atoms with Crippen molar-refractivity contribution in [1.29, 1.82) is 0 Å². The predicted molar refractivity (Wildman–Crippen MR) is 55.6 cm³/mol. The molecule has 0 aliphatic heterocycles. The van der Waals surface area contributed by atoms with E-state index in [1.807, 2.05) is 6.92 Å². The lowest BCUT2D eigenvalue weighted by molar-refractivity contribution is -0.147. The first-order valence-corrected chi connectivity index (χ1v) is 4.94. The quantitative estimate of drug-likeness (QED) is 0.689. The predicted octanol–water partition coefficient (Wildman–Crippen LogP) is 0.781. The molecule has 2 N–H and O–H groups in total. The number of carbonyl (C=O) groups excluding carboxylic acids is 1. The van der Waals surface area contributed by atoms with Crippen molar-refractivity contribution in [1.82, 2.24) is 5.32 Å². The third kappa shape index (κ3) is 4.29. The highest BCUT2D eigenvalue weighted by molar-refractivity contribution is 5.88. The first-order chi connectivity index (χ1) is 6.85. The Bertz CT molecular complexity index is 238. The molecule has 0 fully saturated rings. The largest absolute Gasteiger partial charge is 0.480 e. The summed E-state index contributed by atoms with van der Waals surface area (Å²) in [6.07, 6.45) is 1.12. The van der Waals surface area contributed by atoms with E-state index in [0.29, 0.717) is 12.8 Å². The minimum atomic E-state index is -1.02. The van der Waals surface area contributed by atoms with E-state index in [4.69, 9.17) is 9.84 Å². The summed E-state index contributed by atoms with van der Waals surface area (Å²) in [6, 6.07) is -0.836. The summed E-state index contributed by atoms with van der Waals surface area (Å²) in [5, 5.41) is 11.3. The van der Waals surface area contributed by atoms with E-state index in [-0.39, 0.29) is 0 Å². The zero-order valence-corrected chi connectivity index (χ0v) is 9.66. The molecule has 88 valence electrons. The van der Waals surface area contributed by atoms with Crippen LogP contribution in [0.25, 0.3) is 0 Å². The normalized spacial score (nSPS) is 13.3. The van der Waals surface area contributed by atoms with Gasteiger partial charge in [0, 0.05) is 7.11 Å². The summed E-state index contributed by atoms with van der Waals surface area (Å²) in [7, 11) is 1.41. The molecule has 15 heavy (non-hydrogen) atoms. The molecule has 0 bridgehead atoms. The van der Waals surface area contributed by atoms with E-state index in [2.05, 4.69) is 5.32 Å². The van der Waals surface area contributed by atoms with Crippen LogP contribution in [0.1, 0.15) is 33.6 Å². The fourth-order valence-corrected chi connectivity index (χ4v) is 0.971. The van der Waals surface area contributed by atoms with Crippen molar-refractivity contribution in [2.45, 2.75) is 45.3 Å². The highest BCUT2D eigenvalue weighted by atomic mass is 16.5. The second-order valence-electron chi connectivity index (χ2n) is 3.87. The Morgan fingerprint density at radius 1 is 1.47 bits per heavy atom. The van der Waals surface area contributed by atoms with Gasteiger partial charge in [0.1, 0.15) is 11.6 Å². The summed E-state index contributed by atoms with van der Waals surface area (Å²) in [4.78, 5) is 22.4. The number of rotatable bonds is 6. The average Bonchev–Trinajstić information content (AvgIpc) is 2.16. The maximum absolute atomic E-state index is 11.6. The van der Waals surface area contributed by atoms with E-state index in [9.17, 15) is 9.59 Å². The molecule has 0 radical (unpaired) electrons. The molecule has 5 nitrogen and oxygen atoms in total. The molecule has 0 aromatic rings. The van der Waals surface area contributed by atoms with E-state index >= 15 is 0 Å². The van der Waals surface area contributed by atoms with Crippen LogP contribution in [0.15, 0.2) is 0 Å². The Balaban J connectivity index is 4.41. The molecule has 0 spiro atoms. The number of amides is 1. The van der Waals surface area contributed by atoms with Crippen LogP contribution in [-0.2, 0) is 14.3 Å². The van der Waals surface area contributed by atoms with E-state index in [0.717, 1.165) is 0 Å². The van der Waals surface area contributed by atoms with Crippen LogP contribution in [0, 0.1) is 0 Å². The van der Waals surface area contributed by atoms with Crippen molar-refractivity contribution in [2.75, 3.05) is 7.11 Å².